The first-order chi connectivity index (χ1) is 9.22. The summed E-state index contributed by atoms with van der Waals surface area (Å²) < 4.78 is 13.2. The Morgan fingerprint density at radius 1 is 1.32 bits per heavy atom. The van der Waals surface area contributed by atoms with E-state index in [0.29, 0.717) is 6.54 Å². The number of aromatic hydroxyl groups is 1. The number of phenolic OH excluding ortho intramolecular Hbond substituents is 1. The lowest BCUT2D eigenvalue weighted by atomic mass is 10.1. The molecule has 0 aromatic heterocycles. The Morgan fingerprint density at radius 2 is 2.16 bits per heavy atom. The molecule has 1 saturated heterocycles. The first-order valence-corrected chi connectivity index (χ1v) is 7.14. The van der Waals surface area contributed by atoms with Gasteiger partial charge in [-0.3, -0.25) is 0 Å². The first-order valence-electron chi connectivity index (χ1n) is 7.14. The van der Waals surface area contributed by atoms with Crippen molar-refractivity contribution in [2.45, 2.75) is 31.8 Å². The lowest BCUT2D eigenvalue weighted by Crippen LogP contribution is -2.27. The third kappa shape index (κ3) is 3.25. The van der Waals surface area contributed by atoms with Crippen molar-refractivity contribution in [2.24, 2.45) is 5.92 Å². The molecule has 2 aliphatic rings. The van der Waals surface area contributed by atoms with E-state index in [1.807, 2.05) is 0 Å². The van der Waals surface area contributed by atoms with Gasteiger partial charge in [0.25, 0.3) is 0 Å². The Bertz CT molecular complexity index is 448. The molecule has 4 heteroatoms. The van der Waals surface area contributed by atoms with Crippen LogP contribution in [0.2, 0.25) is 0 Å². The molecule has 1 aliphatic heterocycles. The fraction of sp³-hybridized carbons (Fsp3) is 0.600. The predicted molar refractivity (Wildman–Crippen MR) is 72.5 cm³/mol. The summed E-state index contributed by atoms with van der Waals surface area (Å²) in [6.07, 6.45) is 4.04. The molecule has 1 aromatic rings. The number of hydrogen-bond donors (Lipinski definition) is 2. The summed E-state index contributed by atoms with van der Waals surface area (Å²) in [5, 5.41) is 12.5. The largest absolute Gasteiger partial charge is 0.505 e. The smallest absolute Gasteiger partial charge is 0.165 e. The summed E-state index contributed by atoms with van der Waals surface area (Å²) in [4.78, 5) is 2.60. The summed E-state index contributed by atoms with van der Waals surface area (Å²) >= 11 is 0. The maximum atomic E-state index is 13.2. The van der Waals surface area contributed by atoms with Crippen LogP contribution in [0.25, 0.3) is 0 Å². The number of nitrogens with one attached hydrogen (secondary N) is 1. The Balaban J connectivity index is 1.41. The molecule has 1 aromatic carbocycles. The minimum atomic E-state index is -0.542. The number of benzene rings is 1. The van der Waals surface area contributed by atoms with E-state index in [1.165, 1.54) is 44.5 Å². The van der Waals surface area contributed by atoms with E-state index in [-0.39, 0.29) is 5.75 Å². The van der Waals surface area contributed by atoms with Crippen LogP contribution in [0.15, 0.2) is 18.2 Å². The topological polar surface area (TPSA) is 35.5 Å². The third-order valence-electron chi connectivity index (χ3n) is 4.15. The van der Waals surface area contributed by atoms with Crippen molar-refractivity contribution < 1.29 is 9.50 Å². The highest BCUT2D eigenvalue weighted by atomic mass is 19.1. The maximum Gasteiger partial charge on any atom is 0.165 e. The molecular formula is C15H21FN2O. The lowest BCUT2D eigenvalue weighted by Gasteiger charge is -2.15. The maximum absolute atomic E-state index is 13.2. The van der Waals surface area contributed by atoms with E-state index in [2.05, 4.69) is 10.2 Å². The number of halogens is 1. The van der Waals surface area contributed by atoms with Gasteiger partial charge in [-0.15, -0.1) is 0 Å². The van der Waals surface area contributed by atoms with Crippen LogP contribution in [0.1, 0.15) is 24.8 Å². The summed E-state index contributed by atoms with van der Waals surface area (Å²) in [7, 11) is 0. The lowest BCUT2D eigenvalue weighted by molar-refractivity contribution is 0.312. The Hall–Kier alpha value is -1.13. The molecule has 1 heterocycles. The van der Waals surface area contributed by atoms with Gasteiger partial charge in [0.2, 0.25) is 0 Å². The van der Waals surface area contributed by atoms with E-state index in [1.54, 1.807) is 6.07 Å². The number of rotatable bonds is 5. The highest BCUT2D eigenvalue weighted by Crippen LogP contribution is 2.31. The highest BCUT2D eigenvalue weighted by Gasteiger charge is 2.33. The van der Waals surface area contributed by atoms with Crippen LogP contribution in [0.3, 0.4) is 0 Å². The molecule has 1 saturated carbocycles. The molecule has 0 spiro atoms. The second-order valence-corrected chi connectivity index (χ2v) is 5.80. The van der Waals surface area contributed by atoms with Crippen molar-refractivity contribution in [1.82, 2.24) is 10.2 Å². The van der Waals surface area contributed by atoms with Crippen LogP contribution in [0.4, 0.5) is 4.39 Å². The summed E-state index contributed by atoms with van der Waals surface area (Å²) in [5.74, 6) is -0.0951. The molecule has 1 unspecified atom stereocenters. The highest BCUT2D eigenvalue weighted by molar-refractivity contribution is 5.27. The fourth-order valence-corrected chi connectivity index (χ4v) is 2.88. The van der Waals surface area contributed by atoms with Gasteiger partial charge >= 0.3 is 0 Å². The van der Waals surface area contributed by atoms with Gasteiger partial charge in [0, 0.05) is 19.1 Å². The number of nitrogens with zero attached hydrogens (tertiary/aromatic N) is 1. The standard InChI is InChI=1S/C15H21FN2O/c16-14-7-11(1-4-15(14)19)8-17-9-12-5-6-18(10-12)13-2-3-13/h1,4,7,12-13,17,19H,2-3,5-6,8-10H2. The summed E-state index contributed by atoms with van der Waals surface area (Å²) in [6.45, 7) is 4.11. The third-order valence-corrected chi connectivity index (χ3v) is 4.15. The molecule has 1 atom stereocenters. The number of hydrogen-bond acceptors (Lipinski definition) is 3. The van der Waals surface area contributed by atoms with E-state index in [9.17, 15) is 4.39 Å². The minimum Gasteiger partial charge on any atom is -0.505 e. The SMILES string of the molecule is Oc1ccc(CNCC2CCN(C3CC3)C2)cc1F. The van der Waals surface area contributed by atoms with Crippen molar-refractivity contribution in [2.75, 3.05) is 19.6 Å². The van der Waals surface area contributed by atoms with Crippen molar-refractivity contribution in [3.05, 3.63) is 29.6 Å². The normalized spacial score (nSPS) is 23.9. The molecule has 2 N–H and O–H groups in total. The van der Waals surface area contributed by atoms with Crippen LogP contribution >= 0.6 is 0 Å². The number of phenols is 1. The van der Waals surface area contributed by atoms with E-state index >= 15 is 0 Å². The second-order valence-electron chi connectivity index (χ2n) is 5.80. The van der Waals surface area contributed by atoms with Gasteiger partial charge in [-0.1, -0.05) is 6.07 Å². The second kappa shape index (κ2) is 5.47. The van der Waals surface area contributed by atoms with Crippen molar-refractivity contribution in [3.8, 4) is 5.75 Å². The van der Waals surface area contributed by atoms with E-state index < -0.39 is 5.82 Å². The Kier molecular flexibility index (Phi) is 3.71. The zero-order valence-corrected chi connectivity index (χ0v) is 11.1. The minimum absolute atomic E-state index is 0.278. The van der Waals surface area contributed by atoms with Gasteiger partial charge in [-0.25, -0.2) is 4.39 Å². The van der Waals surface area contributed by atoms with E-state index in [0.717, 1.165) is 24.1 Å². The molecule has 0 amide bonds. The fourth-order valence-electron chi connectivity index (χ4n) is 2.88. The van der Waals surface area contributed by atoms with Gasteiger partial charge in [0.05, 0.1) is 0 Å². The van der Waals surface area contributed by atoms with Crippen LogP contribution in [-0.4, -0.2) is 35.7 Å². The number of likely N-dealkylation sites (tertiary alicyclic amines) is 1. The van der Waals surface area contributed by atoms with Crippen molar-refractivity contribution in [3.63, 3.8) is 0 Å². The molecule has 0 radical (unpaired) electrons. The van der Waals surface area contributed by atoms with Gasteiger partial charge in [-0.05, 0) is 56.0 Å². The van der Waals surface area contributed by atoms with Gasteiger partial charge in [0.1, 0.15) is 0 Å². The molecule has 1 aliphatic carbocycles. The molecule has 104 valence electrons. The quantitative estimate of drug-likeness (QED) is 0.855. The Labute approximate surface area is 113 Å². The predicted octanol–water partition coefficient (Wildman–Crippen LogP) is 2.11. The Morgan fingerprint density at radius 3 is 2.89 bits per heavy atom. The van der Waals surface area contributed by atoms with Crippen molar-refractivity contribution in [1.29, 1.82) is 0 Å². The monoisotopic (exact) mass is 264 g/mol. The van der Waals surface area contributed by atoms with Crippen LogP contribution in [-0.2, 0) is 6.54 Å². The van der Waals surface area contributed by atoms with Gasteiger partial charge < -0.3 is 15.3 Å². The zero-order chi connectivity index (χ0) is 13.2. The first kappa shape index (κ1) is 12.9. The molecule has 2 fully saturated rings. The zero-order valence-electron chi connectivity index (χ0n) is 11.1. The average molecular weight is 264 g/mol. The molecule has 3 nitrogen and oxygen atoms in total. The molecule has 3 rings (SSSR count). The van der Waals surface area contributed by atoms with Gasteiger partial charge in [-0.2, -0.15) is 0 Å². The molecular weight excluding hydrogens is 243 g/mol. The van der Waals surface area contributed by atoms with Gasteiger partial charge in [0.15, 0.2) is 11.6 Å². The van der Waals surface area contributed by atoms with Crippen LogP contribution in [0.5, 0.6) is 5.75 Å². The van der Waals surface area contributed by atoms with Crippen LogP contribution in [0, 0.1) is 11.7 Å². The van der Waals surface area contributed by atoms with Crippen LogP contribution < -0.4 is 5.32 Å². The summed E-state index contributed by atoms with van der Waals surface area (Å²) in [5.41, 5.74) is 0.882. The molecule has 19 heavy (non-hydrogen) atoms. The van der Waals surface area contributed by atoms with Crippen molar-refractivity contribution >= 4 is 0 Å². The summed E-state index contributed by atoms with van der Waals surface area (Å²) in [6, 6.07) is 5.44. The van der Waals surface area contributed by atoms with E-state index in [4.69, 9.17) is 5.11 Å². The average Bonchev–Trinajstić information content (AvgIpc) is 3.14. The molecule has 0 bridgehead atoms.